The molecule has 2 heterocycles. The molecular weight excluding hydrogens is 276 g/mol. The molecule has 0 saturated carbocycles. The van der Waals surface area contributed by atoms with Crippen LogP contribution in [0.4, 0.5) is 0 Å². The van der Waals surface area contributed by atoms with Gasteiger partial charge in [0.15, 0.2) is 0 Å². The summed E-state index contributed by atoms with van der Waals surface area (Å²) in [7, 11) is 2.12. The Kier molecular flexibility index (Phi) is 4.00. The topological polar surface area (TPSA) is 45.1 Å². The molecule has 0 radical (unpaired) electrons. The minimum atomic E-state index is -0.792. The number of aliphatic imine (C=N–C) groups is 1. The van der Waals surface area contributed by atoms with Crippen molar-refractivity contribution < 1.29 is 9.84 Å². The van der Waals surface area contributed by atoms with Crippen LogP contribution in [0, 0.1) is 0 Å². The summed E-state index contributed by atoms with van der Waals surface area (Å²) in [4.78, 5) is 6.97. The summed E-state index contributed by atoms with van der Waals surface area (Å²) >= 11 is 0. The van der Waals surface area contributed by atoms with E-state index in [-0.39, 0.29) is 5.54 Å². The molecular formula is C18H26N2O2. The molecule has 1 unspecified atom stereocenters. The zero-order chi connectivity index (χ0) is 15.8. The van der Waals surface area contributed by atoms with Gasteiger partial charge in [-0.3, -0.25) is 0 Å². The van der Waals surface area contributed by atoms with Crippen molar-refractivity contribution >= 4 is 5.90 Å². The van der Waals surface area contributed by atoms with Gasteiger partial charge in [0.1, 0.15) is 6.61 Å². The van der Waals surface area contributed by atoms with Crippen molar-refractivity contribution in [2.24, 2.45) is 4.99 Å². The predicted octanol–water partition coefficient (Wildman–Crippen LogP) is 2.55. The highest BCUT2D eigenvalue weighted by Crippen LogP contribution is 2.36. The Morgan fingerprint density at radius 1 is 1.18 bits per heavy atom. The molecule has 4 nitrogen and oxygen atoms in total. The third kappa shape index (κ3) is 3.03. The zero-order valence-corrected chi connectivity index (χ0v) is 13.8. The first-order valence-electron chi connectivity index (χ1n) is 8.13. The minimum Gasteiger partial charge on any atom is -0.475 e. The molecule has 3 rings (SSSR count). The van der Waals surface area contributed by atoms with E-state index in [9.17, 15) is 5.11 Å². The van der Waals surface area contributed by atoms with Gasteiger partial charge in [-0.05, 0) is 58.3 Å². The second-order valence-electron chi connectivity index (χ2n) is 7.25. The molecule has 4 heteroatoms. The van der Waals surface area contributed by atoms with Gasteiger partial charge in [-0.25, -0.2) is 4.99 Å². The Labute approximate surface area is 132 Å². The van der Waals surface area contributed by atoms with Gasteiger partial charge in [0.05, 0.1) is 11.1 Å². The average molecular weight is 302 g/mol. The predicted molar refractivity (Wildman–Crippen MR) is 88.3 cm³/mol. The highest BCUT2D eigenvalue weighted by molar-refractivity contribution is 5.97. The first-order valence-corrected chi connectivity index (χ1v) is 8.13. The molecule has 0 amide bonds. The van der Waals surface area contributed by atoms with E-state index in [2.05, 4.69) is 30.8 Å². The monoisotopic (exact) mass is 302 g/mol. The third-order valence-corrected chi connectivity index (χ3v) is 4.66. The second-order valence-corrected chi connectivity index (χ2v) is 7.25. The van der Waals surface area contributed by atoms with E-state index < -0.39 is 5.60 Å². The minimum absolute atomic E-state index is 0.186. The van der Waals surface area contributed by atoms with Crippen LogP contribution in [0.5, 0.6) is 0 Å². The van der Waals surface area contributed by atoms with E-state index in [1.807, 2.05) is 24.3 Å². The number of likely N-dealkylation sites (tertiary alicyclic amines) is 1. The van der Waals surface area contributed by atoms with Gasteiger partial charge in [-0.1, -0.05) is 18.2 Å². The van der Waals surface area contributed by atoms with E-state index in [1.54, 1.807) is 0 Å². The summed E-state index contributed by atoms with van der Waals surface area (Å²) in [5.74, 6) is 0.673. The lowest BCUT2D eigenvalue weighted by Crippen LogP contribution is -2.30. The Hall–Kier alpha value is -1.39. The molecule has 0 aromatic heterocycles. The van der Waals surface area contributed by atoms with Crippen LogP contribution >= 0.6 is 0 Å². The van der Waals surface area contributed by atoms with E-state index >= 15 is 0 Å². The Morgan fingerprint density at radius 3 is 2.68 bits per heavy atom. The number of hydrogen-bond donors (Lipinski definition) is 1. The molecule has 2 aliphatic heterocycles. The van der Waals surface area contributed by atoms with Crippen molar-refractivity contribution in [3.8, 4) is 0 Å². The molecule has 1 N–H and O–H groups in total. The van der Waals surface area contributed by atoms with Gasteiger partial charge in [0.2, 0.25) is 5.90 Å². The molecule has 1 fully saturated rings. The average Bonchev–Trinajstić information content (AvgIpc) is 2.75. The largest absolute Gasteiger partial charge is 0.475 e. The van der Waals surface area contributed by atoms with Crippen LogP contribution in [-0.2, 0) is 10.3 Å². The fourth-order valence-electron chi connectivity index (χ4n) is 3.32. The molecule has 0 bridgehead atoms. The van der Waals surface area contributed by atoms with E-state index in [0.717, 1.165) is 43.5 Å². The number of aliphatic hydroxyl groups is 1. The number of hydrogen-bond acceptors (Lipinski definition) is 4. The van der Waals surface area contributed by atoms with E-state index in [0.29, 0.717) is 12.5 Å². The van der Waals surface area contributed by atoms with Crippen molar-refractivity contribution in [3.63, 3.8) is 0 Å². The van der Waals surface area contributed by atoms with Crippen LogP contribution < -0.4 is 0 Å². The Bertz CT molecular complexity index is 582. The Morgan fingerprint density at radius 2 is 1.95 bits per heavy atom. The van der Waals surface area contributed by atoms with Crippen molar-refractivity contribution in [1.29, 1.82) is 0 Å². The van der Waals surface area contributed by atoms with Gasteiger partial charge < -0.3 is 14.7 Å². The lowest BCUT2D eigenvalue weighted by Gasteiger charge is -2.29. The Balaban J connectivity index is 1.98. The number of benzene rings is 1. The maximum absolute atomic E-state index is 11.3. The van der Waals surface area contributed by atoms with E-state index in [4.69, 9.17) is 4.74 Å². The summed E-state index contributed by atoms with van der Waals surface area (Å²) in [6.45, 7) is 6.67. The normalized spacial score (nSPS) is 28.8. The van der Waals surface area contributed by atoms with Crippen molar-refractivity contribution in [2.45, 2.75) is 44.2 Å². The first kappa shape index (κ1) is 15.5. The molecule has 1 saturated heterocycles. The van der Waals surface area contributed by atoms with Crippen LogP contribution in [-0.4, -0.2) is 48.2 Å². The molecule has 22 heavy (non-hydrogen) atoms. The quantitative estimate of drug-likeness (QED) is 0.913. The summed E-state index contributed by atoms with van der Waals surface area (Å²) in [5, 5.41) is 11.3. The smallest absolute Gasteiger partial charge is 0.217 e. The van der Waals surface area contributed by atoms with Crippen LogP contribution in [0.2, 0.25) is 0 Å². The van der Waals surface area contributed by atoms with Crippen LogP contribution in [0.3, 0.4) is 0 Å². The van der Waals surface area contributed by atoms with E-state index in [1.165, 1.54) is 0 Å². The van der Waals surface area contributed by atoms with Gasteiger partial charge in [-0.15, -0.1) is 0 Å². The lowest BCUT2D eigenvalue weighted by atomic mass is 9.84. The summed E-state index contributed by atoms with van der Waals surface area (Å²) in [5.41, 5.74) is 0.927. The molecule has 2 aliphatic rings. The SMILES string of the molecule is CN1CCCC(O)(c2ccccc2C2=NC(C)(C)CO2)CC1. The fourth-order valence-corrected chi connectivity index (χ4v) is 3.32. The van der Waals surface area contributed by atoms with Gasteiger partial charge in [0.25, 0.3) is 0 Å². The maximum atomic E-state index is 11.3. The van der Waals surface area contributed by atoms with Gasteiger partial charge in [-0.2, -0.15) is 0 Å². The van der Waals surface area contributed by atoms with Crippen molar-refractivity contribution in [3.05, 3.63) is 35.4 Å². The highest BCUT2D eigenvalue weighted by atomic mass is 16.5. The lowest BCUT2D eigenvalue weighted by molar-refractivity contribution is 0.0215. The standard InChI is InChI=1S/C18H26N2O2/c1-17(2)13-22-16(19-17)14-7-4-5-8-15(14)18(21)9-6-11-20(3)12-10-18/h4-5,7-8,21H,6,9-13H2,1-3H3. The van der Waals surface area contributed by atoms with Crippen molar-refractivity contribution in [2.75, 3.05) is 26.7 Å². The summed E-state index contributed by atoms with van der Waals surface area (Å²) in [6.07, 6.45) is 2.53. The fraction of sp³-hybridized carbons (Fsp3) is 0.611. The molecule has 120 valence electrons. The van der Waals surface area contributed by atoms with Gasteiger partial charge >= 0.3 is 0 Å². The summed E-state index contributed by atoms with van der Waals surface area (Å²) < 4.78 is 5.81. The number of ether oxygens (including phenoxy) is 1. The third-order valence-electron chi connectivity index (χ3n) is 4.66. The molecule has 1 aromatic rings. The molecule has 1 atom stereocenters. The number of nitrogens with zero attached hydrogens (tertiary/aromatic N) is 2. The second kappa shape index (κ2) is 5.67. The van der Waals surface area contributed by atoms with Crippen molar-refractivity contribution in [1.82, 2.24) is 4.90 Å². The maximum Gasteiger partial charge on any atom is 0.217 e. The molecule has 0 aliphatic carbocycles. The first-order chi connectivity index (χ1) is 10.4. The zero-order valence-electron chi connectivity index (χ0n) is 13.8. The van der Waals surface area contributed by atoms with Gasteiger partial charge in [0, 0.05) is 12.1 Å². The van der Waals surface area contributed by atoms with Crippen LogP contribution in [0.15, 0.2) is 29.3 Å². The highest BCUT2D eigenvalue weighted by Gasteiger charge is 2.36. The molecule has 1 aromatic carbocycles. The molecule has 0 spiro atoms. The number of rotatable bonds is 2. The van der Waals surface area contributed by atoms with Crippen LogP contribution in [0.1, 0.15) is 44.2 Å². The summed E-state index contributed by atoms with van der Waals surface area (Å²) in [6, 6.07) is 8.02. The van der Waals surface area contributed by atoms with Crippen LogP contribution in [0.25, 0.3) is 0 Å².